The van der Waals surface area contributed by atoms with Gasteiger partial charge in [0.05, 0.1) is 0 Å². The SMILES string of the molecule is Cl.O=C1CCN[C@H](C(=O)O)C1. The maximum absolute atomic E-state index is 10.7. The van der Waals surface area contributed by atoms with Crippen molar-refractivity contribution in [3.05, 3.63) is 0 Å². The van der Waals surface area contributed by atoms with Crippen LogP contribution in [0, 0.1) is 0 Å². The predicted molar refractivity (Wildman–Crippen MR) is 40.9 cm³/mol. The Bertz CT molecular complexity index is 169. The number of aliphatic carboxylic acids is 1. The van der Waals surface area contributed by atoms with E-state index in [0.29, 0.717) is 13.0 Å². The normalized spacial score (nSPS) is 24.0. The average molecular weight is 180 g/mol. The fourth-order valence-corrected chi connectivity index (χ4v) is 0.962. The van der Waals surface area contributed by atoms with Crippen molar-refractivity contribution >= 4 is 24.2 Å². The molecule has 64 valence electrons. The molecule has 1 rings (SSSR count). The fraction of sp³-hybridized carbons (Fsp3) is 0.667. The number of Topliss-reactive ketones (excluding diaryl/α,β-unsaturated/α-hetero) is 1. The zero-order valence-electron chi connectivity index (χ0n) is 5.87. The first-order valence-corrected chi connectivity index (χ1v) is 3.18. The van der Waals surface area contributed by atoms with Crippen LogP contribution in [0.2, 0.25) is 0 Å². The highest BCUT2D eigenvalue weighted by Gasteiger charge is 2.23. The van der Waals surface area contributed by atoms with Crippen molar-refractivity contribution in [2.45, 2.75) is 18.9 Å². The van der Waals surface area contributed by atoms with Crippen LogP contribution in [0.1, 0.15) is 12.8 Å². The number of piperidine rings is 1. The first-order valence-electron chi connectivity index (χ1n) is 3.18. The Kier molecular flexibility index (Phi) is 4.07. The molecule has 1 saturated heterocycles. The summed E-state index contributed by atoms with van der Waals surface area (Å²) in [6, 6.07) is -0.652. The van der Waals surface area contributed by atoms with E-state index in [9.17, 15) is 9.59 Å². The third-order valence-corrected chi connectivity index (χ3v) is 1.52. The lowest BCUT2D eigenvalue weighted by molar-refractivity contribution is -0.142. The molecule has 1 aliphatic heterocycles. The third kappa shape index (κ3) is 2.86. The van der Waals surface area contributed by atoms with E-state index in [1.165, 1.54) is 0 Å². The number of hydrogen-bond donors (Lipinski definition) is 2. The molecular formula is C6H10ClNO3. The number of rotatable bonds is 1. The molecule has 0 amide bonds. The zero-order chi connectivity index (χ0) is 7.56. The lowest BCUT2D eigenvalue weighted by Crippen LogP contribution is -2.43. The van der Waals surface area contributed by atoms with Crippen LogP contribution in [0.4, 0.5) is 0 Å². The van der Waals surface area contributed by atoms with Crippen LogP contribution >= 0.6 is 12.4 Å². The third-order valence-electron chi connectivity index (χ3n) is 1.52. The summed E-state index contributed by atoms with van der Waals surface area (Å²) in [6.07, 6.45) is 0.596. The van der Waals surface area contributed by atoms with E-state index in [1.807, 2.05) is 0 Å². The zero-order valence-corrected chi connectivity index (χ0v) is 6.69. The molecule has 1 atom stereocenters. The maximum Gasteiger partial charge on any atom is 0.321 e. The molecule has 0 bridgehead atoms. The number of nitrogens with one attached hydrogen (secondary N) is 1. The van der Waals surface area contributed by atoms with Gasteiger partial charge in [0.15, 0.2) is 0 Å². The molecule has 4 nitrogen and oxygen atoms in total. The summed E-state index contributed by atoms with van der Waals surface area (Å²) in [4.78, 5) is 21.0. The second kappa shape index (κ2) is 4.31. The van der Waals surface area contributed by atoms with Gasteiger partial charge in [0.1, 0.15) is 11.8 Å². The molecule has 0 aliphatic carbocycles. The Labute approximate surface area is 70.4 Å². The smallest absolute Gasteiger partial charge is 0.321 e. The summed E-state index contributed by atoms with van der Waals surface area (Å²) in [5.41, 5.74) is 0. The maximum atomic E-state index is 10.7. The lowest BCUT2D eigenvalue weighted by Gasteiger charge is -2.17. The monoisotopic (exact) mass is 179 g/mol. The Hall–Kier alpha value is -0.610. The number of carboxylic acids is 1. The van der Waals surface area contributed by atoms with Gasteiger partial charge in [-0.25, -0.2) is 0 Å². The van der Waals surface area contributed by atoms with Gasteiger partial charge in [-0.3, -0.25) is 9.59 Å². The van der Waals surface area contributed by atoms with Gasteiger partial charge in [-0.15, -0.1) is 12.4 Å². The van der Waals surface area contributed by atoms with Crippen molar-refractivity contribution in [1.82, 2.24) is 5.32 Å². The summed E-state index contributed by atoms with van der Waals surface area (Å²) in [5, 5.41) is 11.2. The number of ketones is 1. The quantitative estimate of drug-likeness (QED) is 0.586. The molecule has 1 aliphatic rings. The van der Waals surface area contributed by atoms with Gasteiger partial charge >= 0.3 is 5.97 Å². The van der Waals surface area contributed by atoms with Gasteiger partial charge in [0.25, 0.3) is 0 Å². The molecule has 11 heavy (non-hydrogen) atoms. The largest absolute Gasteiger partial charge is 0.480 e. The summed E-state index contributed by atoms with van der Waals surface area (Å²) in [7, 11) is 0. The van der Waals surface area contributed by atoms with Gasteiger partial charge in [0.2, 0.25) is 0 Å². The number of hydrogen-bond acceptors (Lipinski definition) is 3. The minimum atomic E-state index is -0.937. The van der Waals surface area contributed by atoms with Crippen molar-refractivity contribution < 1.29 is 14.7 Å². The van der Waals surface area contributed by atoms with Crippen LogP contribution in [-0.4, -0.2) is 29.4 Å². The van der Waals surface area contributed by atoms with E-state index in [0.717, 1.165) is 0 Å². The highest BCUT2D eigenvalue weighted by molar-refractivity contribution is 5.87. The Balaban J connectivity index is 0.000001000. The molecule has 1 fully saturated rings. The first-order chi connectivity index (χ1) is 4.70. The Morgan fingerprint density at radius 2 is 2.27 bits per heavy atom. The van der Waals surface area contributed by atoms with Crippen LogP contribution in [0.3, 0.4) is 0 Å². The van der Waals surface area contributed by atoms with Crippen LogP contribution in [0.25, 0.3) is 0 Å². The first kappa shape index (κ1) is 10.4. The molecule has 2 N–H and O–H groups in total. The lowest BCUT2D eigenvalue weighted by atomic mass is 10.0. The predicted octanol–water partition coefficient (Wildman–Crippen LogP) is -0.186. The highest BCUT2D eigenvalue weighted by Crippen LogP contribution is 2.02. The van der Waals surface area contributed by atoms with Crippen LogP contribution in [0.5, 0.6) is 0 Å². The topological polar surface area (TPSA) is 66.4 Å². The molecule has 0 spiro atoms. The molecule has 0 radical (unpaired) electrons. The van der Waals surface area contributed by atoms with Gasteiger partial charge in [-0.05, 0) is 0 Å². The van der Waals surface area contributed by atoms with E-state index >= 15 is 0 Å². The Morgan fingerprint density at radius 3 is 2.64 bits per heavy atom. The van der Waals surface area contributed by atoms with Crippen molar-refractivity contribution in [2.75, 3.05) is 6.54 Å². The van der Waals surface area contributed by atoms with E-state index in [1.54, 1.807) is 0 Å². The molecule has 0 aromatic rings. The number of carbonyl (C=O) groups excluding carboxylic acids is 1. The summed E-state index contributed by atoms with van der Waals surface area (Å²) in [6.45, 7) is 0.496. The van der Waals surface area contributed by atoms with E-state index in [4.69, 9.17) is 5.11 Å². The molecule has 0 saturated carbocycles. The Morgan fingerprint density at radius 1 is 1.64 bits per heavy atom. The van der Waals surface area contributed by atoms with Crippen molar-refractivity contribution in [2.24, 2.45) is 0 Å². The van der Waals surface area contributed by atoms with Crippen LogP contribution < -0.4 is 5.32 Å². The molecular weight excluding hydrogens is 170 g/mol. The van der Waals surface area contributed by atoms with Gasteiger partial charge in [-0.1, -0.05) is 0 Å². The molecule has 5 heteroatoms. The highest BCUT2D eigenvalue weighted by atomic mass is 35.5. The number of halogens is 1. The molecule has 0 unspecified atom stereocenters. The fourth-order valence-electron chi connectivity index (χ4n) is 0.962. The standard InChI is InChI=1S/C6H9NO3.ClH/c8-4-1-2-7-5(3-4)6(9)10;/h5,7H,1-3H2,(H,9,10);1H/t5-;/m0./s1. The van der Waals surface area contributed by atoms with Gasteiger partial charge in [0, 0.05) is 19.4 Å². The van der Waals surface area contributed by atoms with Crippen molar-refractivity contribution in [3.8, 4) is 0 Å². The van der Waals surface area contributed by atoms with Crippen LogP contribution in [-0.2, 0) is 9.59 Å². The van der Waals surface area contributed by atoms with E-state index in [-0.39, 0.29) is 24.6 Å². The minimum Gasteiger partial charge on any atom is -0.480 e. The number of carboxylic acid groups (broad SMARTS) is 1. The van der Waals surface area contributed by atoms with E-state index in [2.05, 4.69) is 5.32 Å². The second-order valence-electron chi connectivity index (χ2n) is 2.34. The second-order valence-corrected chi connectivity index (χ2v) is 2.34. The summed E-state index contributed by atoms with van der Waals surface area (Å²) in [5.74, 6) is -0.904. The number of carbonyl (C=O) groups is 2. The molecule has 1 heterocycles. The summed E-state index contributed by atoms with van der Waals surface area (Å²) < 4.78 is 0. The van der Waals surface area contributed by atoms with Crippen molar-refractivity contribution in [3.63, 3.8) is 0 Å². The van der Waals surface area contributed by atoms with Crippen LogP contribution in [0.15, 0.2) is 0 Å². The average Bonchev–Trinajstić information content (AvgIpc) is 1.88. The van der Waals surface area contributed by atoms with Gasteiger partial charge < -0.3 is 10.4 Å². The summed E-state index contributed by atoms with van der Waals surface area (Å²) >= 11 is 0. The minimum absolute atomic E-state index is 0. The van der Waals surface area contributed by atoms with Gasteiger partial charge in [-0.2, -0.15) is 0 Å². The van der Waals surface area contributed by atoms with E-state index < -0.39 is 12.0 Å². The molecule has 0 aromatic carbocycles. The molecule has 0 aromatic heterocycles. The van der Waals surface area contributed by atoms with Crippen molar-refractivity contribution in [1.29, 1.82) is 0 Å².